The summed E-state index contributed by atoms with van der Waals surface area (Å²) in [5.41, 5.74) is 9.37. The van der Waals surface area contributed by atoms with Gasteiger partial charge >= 0.3 is 0 Å². The van der Waals surface area contributed by atoms with Crippen LogP contribution >= 0.6 is 25.3 Å². The average molecular weight is 555 g/mol. The Balaban J connectivity index is 1.33. The zero-order chi connectivity index (χ0) is 27.3. The van der Waals surface area contributed by atoms with Crippen molar-refractivity contribution in [3.05, 3.63) is 106 Å². The maximum absolute atomic E-state index is 6.26. The minimum Gasteiger partial charge on any atom is -0.472 e. The standard InChI is InChI=1S/C33H34N2O2S2/c1-21-11-25(13-23-17-34(19-36-31(21)23)27-7-5-9-29(38)15-27)33(3,4)26-12-22(2)32-24(14-26)18-35(20-37-32)28-8-6-10-30(39)16-28/h5-16,38-39H,17-20H2,1-4H3. The number of hydrogen-bond acceptors (Lipinski definition) is 6. The van der Waals surface area contributed by atoms with Crippen LogP contribution in [-0.4, -0.2) is 13.5 Å². The van der Waals surface area contributed by atoms with E-state index in [1.807, 2.05) is 24.3 Å². The van der Waals surface area contributed by atoms with Crippen molar-refractivity contribution in [2.45, 2.75) is 56.0 Å². The topological polar surface area (TPSA) is 24.9 Å². The molecule has 0 atom stereocenters. The molecule has 0 aliphatic carbocycles. The van der Waals surface area contributed by atoms with Gasteiger partial charge in [0.1, 0.15) is 11.5 Å². The van der Waals surface area contributed by atoms with Crippen molar-refractivity contribution >= 4 is 36.6 Å². The van der Waals surface area contributed by atoms with E-state index in [9.17, 15) is 0 Å². The van der Waals surface area contributed by atoms with Crippen LogP contribution in [0.1, 0.15) is 47.2 Å². The lowest BCUT2D eigenvalue weighted by molar-refractivity contribution is 0.286. The third kappa shape index (κ3) is 4.96. The highest BCUT2D eigenvalue weighted by Gasteiger charge is 2.30. The van der Waals surface area contributed by atoms with Crippen LogP contribution in [0.3, 0.4) is 0 Å². The number of rotatable bonds is 4. The lowest BCUT2D eigenvalue weighted by Crippen LogP contribution is -2.33. The normalized spacial score (nSPS) is 14.8. The fraction of sp³-hybridized carbons (Fsp3) is 0.273. The second kappa shape index (κ2) is 10.1. The Kier molecular flexibility index (Phi) is 6.72. The van der Waals surface area contributed by atoms with E-state index in [0.29, 0.717) is 13.5 Å². The summed E-state index contributed by atoms with van der Waals surface area (Å²) in [6.07, 6.45) is 0. The monoisotopic (exact) mass is 554 g/mol. The van der Waals surface area contributed by atoms with Crippen LogP contribution in [0.2, 0.25) is 0 Å². The molecule has 0 N–H and O–H groups in total. The first kappa shape index (κ1) is 26.0. The summed E-state index contributed by atoms with van der Waals surface area (Å²) in [6, 6.07) is 25.7. The smallest absolute Gasteiger partial charge is 0.161 e. The Morgan fingerprint density at radius 1 is 0.641 bits per heavy atom. The molecule has 4 aromatic rings. The molecule has 0 spiro atoms. The van der Waals surface area contributed by atoms with Gasteiger partial charge in [-0.15, -0.1) is 25.3 Å². The van der Waals surface area contributed by atoms with Crippen molar-refractivity contribution in [2.75, 3.05) is 23.3 Å². The highest BCUT2D eigenvalue weighted by atomic mass is 32.1. The van der Waals surface area contributed by atoms with Gasteiger partial charge in [-0.2, -0.15) is 0 Å². The Morgan fingerprint density at radius 3 is 1.49 bits per heavy atom. The Labute approximate surface area is 242 Å². The zero-order valence-electron chi connectivity index (χ0n) is 22.9. The molecule has 6 rings (SSSR count). The van der Waals surface area contributed by atoms with Crippen molar-refractivity contribution < 1.29 is 9.47 Å². The van der Waals surface area contributed by atoms with E-state index in [4.69, 9.17) is 9.47 Å². The van der Waals surface area contributed by atoms with E-state index in [1.54, 1.807) is 0 Å². The third-order valence-corrected chi connectivity index (χ3v) is 8.54. The van der Waals surface area contributed by atoms with Gasteiger partial charge in [-0.1, -0.05) is 38.1 Å². The summed E-state index contributed by atoms with van der Waals surface area (Å²) >= 11 is 9.06. The first-order chi connectivity index (χ1) is 18.7. The van der Waals surface area contributed by atoms with Crippen LogP contribution < -0.4 is 19.3 Å². The second-order valence-electron chi connectivity index (χ2n) is 11.2. The van der Waals surface area contributed by atoms with Crippen LogP contribution in [0.4, 0.5) is 11.4 Å². The molecular weight excluding hydrogens is 521 g/mol. The molecular formula is C33H34N2O2S2. The van der Waals surface area contributed by atoms with Crippen LogP contribution in [0.5, 0.6) is 11.5 Å². The Bertz CT molecular complexity index is 1450. The van der Waals surface area contributed by atoms with E-state index < -0.39 is 0 Å². The molecule has 39 heavy (non-hydrogen) atoms. The van der Waals surface area contributed by atoms with Gasteiger partial charge in [-0.3, -0.25) is 0 Å². The number of anilines is 2. The molecule has 0 saturated carbocycles. The molecule has 0 saturated heterocycles. The van der Waals surface area contributed by atoms with Gasteiger partial charge < -0.3 is 19.3 Å². The van der Waals surface area contributed by atoms with Crippen molar-refractivity contribution in [1.82, 2.24) is 0 Å². The molecule has 4 aromatic carbocycles. The minimum atomic E-state index is -0.208. The molecule has 200 valence electrons. The van der Waals surface area contributed by atoms with Crippen molar-refractivity contribution in [2.24, 2.45) is 0 Å². The molecule has 6 heteroatoms. The predicted octanol–water partition coefficient (Wildman–Crippen LogP) is 7.92. The van der Waals surface area contributed by atoms with Crippen LogP contribution in [0.25, 0.3) is 0 Å². The van der Waals surface area contributed by atoms with Gasteiger partial charge in [-0.05, 0) is 84.6 Å². The summed E-state index contributed by atoms with van der Waals surface area (Å²) < 4.78 is 12.5. The van der Waals surface area contributed by atoms with Gasteiger partial charge in [0.25, 0.3) is 0 Å². The summed E-state index contributed by atoms with van der Waals surface area (Å²) in [7, 11) is 0. The number of benzene rings is 4. The lowest BCUT2D eigenvalue weighted by Gasteiger charge is -2.36. The number of hydrogen-bond donors (Lipinski definition) is 2. The number of aryl methyl sites for hydroxylation is 2. The molecule has 0 fully saturated rings. The average Bonchev–Trinajstić information content (AvgIpc) is 2.92. The van der Waals surface area contributed by atoms with Gasteiger partial charge in [0, 0.05) is 50.8 Å². The highest BCUT2D eigenvalue weighted by molar-refractivity contribution is 7.80. The fourth-order valence-corrected chi connectivity index (χ4v) is 6.17. The molecule has 0 bridgehead atoms. The van der Waals surface area contributed by atoms with Gasteiger partial charge in [0.15, 0.2) is 13.5 Å². The van der Waals surface area contributed by atoms with Crippen molar-refractivity contribution in [3.63, 3.8) is 0 Å². The number of thiol groups is 2. The van der Waals surface area contributed by atoms with Gasteiger partial charge in [0.05, 0.1) is 0 Å². The van der Waals surface area contributed by atoms with Crippen molar-refractivity contribution in [1.29, 1.82) is 0 Å². The Morgan fingerprint density at radius 2 is 1.08 bits per heavy atom. The van der Waals surface area contributed by atoms with E-state index in [2.05, 4.69) is 111 Å². The number of fused-ring (bicyclic) bond motifs is 2. The second-order valence-corrected chi connectivity index (χ2v) is 12.2. The SMILES string of the molecule is Cc1cc(C(C)(C)c2cc(C)c3c(c2)CN(c2cccc(S)c2)CO3)cc2c1OCN(c1cccc(S)c1)C2. The molecule has 0 unspecified atom stereocenters. The summed E-state index contributed by atoms with van der Waals surface area (Å²) in [6.45, 7) is 11.6. The highest BCUT2D eigenvalue weighted by Crippen LogP contribution is 2.41. The largest absolute Gasteiger partial charge is 0.472 e. The molecule has 0 aromatic heterocycles. The maximum atomic E-state index is 6.26. The fourth-order valence-electron chi connectivity index (χ4n) is 5.73. The predicted molar refractivity (Wildman–Crippen MR) is 165 cm³/mol. The van der Waals surface area contributed by atoms with Gasteiger partial charge in [0.2, 0.25) is 0 Å². The zero-order valence-corrected chi connectivity index (χ0v) is 24.7. The quantitative estimate of drug-likeness (QED) is 0.250. The summed E-state index contributed by atoms with van der Waals surface area (Å²) in [4.78, 5) is 6.42. The van der Waals surface area contributed by atoms with E-state index >= 15 is 0 Å². The van der Waals surface area contributed by atoms with Gasteiger partial charge in [-0.25, -0.2) is 0 Å². The number of nitrogens with zero attached hydrogens (tertiary/aromatic N) is 2. The molecule has 2 aliphatic rings. The summed E-state index contributed by atoms with van der Waals surface area (Å²) in [5, 5.41) is 0. The van der Waals surface area contributed by atoms with E-state index in [1.165, 1.54) is 33.4 Å². The molecule has 2 heterocycles. The minimum absolute atomic E-state index is 0.208. The molecule has 0 radical (unpaired) electrons. The van der Waals surface area contributed by atoms with Crippen LogP contribution in [0.15, 0.2) is 82.6 Å². The van der Waals surface area contributed by atoms with Crippen LogP contribution in [-0.2, 0) is 18.5 Å². The van der Waals surface area contributed by atoms with E-state index in [0.717, 1.165) is 45.8 Å². The first-order valence-electron chi connectivity index (χ1n) is 13.3. The molecule has 0 amide bonds. The van der Waals surface area contributed by atoms with E-state index in [-0.39, 0.29) is 5.41 Å². The third-order valence-electron chi connectivity index (χ3n) is 7.99. The number of ether oxygens (including phenoxy) is 2. The molecule has 4 nitrogen and oxygen atoms in total. The van der Waals surface area contributed by atoms with Crippen LogP contribution in [0, 0.1) is 13.8 Å². The summed E-state index contributed by atoms with van der Waals surface area (Å²) in [5.74, 6) is 2.01. The lowest BCUT2D eigenvalue weighted by atomic mass is 9.75. The molecule has 2 aliphatic heterocycles. The first-order valence-corrected chi connectivity index (χ1v) is 14.2. The van der Waals surface area contributed by atoms with Crippen molar-refractivity contribution in [3.8, 4) is 11.5 Å². The Hall–Kier alpha value is -3.22. The maximum Gasteiger partial charge on any atom is 0.161 e.